The van der Waals surface area contributed by atoms with Crippen LogP contribution >= 0.6 is 0 Å². The molecular formula is C31H32N6O3. The summed E-state index contributed by atoms with van der Waals surface area (Å²) < 4.78 is 7.17. The standard InChI is InChI=1S/C31H32N6O3/c1-30(2,3)26-17-31(4,40-29(33)39)14-16-36(26)28(38)23-11-9-22(10-12-23)25-13-15-37-27(35-25)24(19-34-37)21-7-5-20(18-32)6-8-21/h5-13,15,19,26H,14,16-17H2,1-4H3,(H2,33,39). The summed E-state index contributed by atoms with van der Waals surface area (Å²) in [6.45, 7) is 8.60. The minimum absolute atomic E-state index is 0.0603. The van der Waals surface area contributed by atoms with Crippen molar-refractivity contribution in [2.45, 2.75) is 52.2 Å². The van der Waals surface area contributed by atoms with E-state index in [4.69, 9.17) is 20.7 Å². The van der Waals surface area contributed by atoms with Crippen molar-refractivity contribution in [3.05, 3.63) is 78.1 Å². The van der Waals surface area contributed by atoms with Gasteiger partial charge in [0.05, 0.1) is 23.5 Å². The molecule has 2 unspecified atom stereocenters. The van der Waals surface area contributed by atoms with Crippen LogP contribution in [0, 0.1) is 16.7 Å². The van der Waals surface area contributed by atoms with Crippen LogP contribution in [-0.4, -0.2) is 49.7 Å². The molecule has 0 saturated carbocycles. The molecule has 2 atom stereocenters. The summed E-state index contributed by atoms with van der Waals surface area (Å²) >= 11 is 0. The van der Waals surface area contributed by atoms with Gasteiger partial charge in [-0.05, 0) is 48.2 Å². The Morgan fingerprint density at radius 3 is 2.38 bits per heavy atom. The number of amides is 2. The van der Waals surface area contributed by atoms with Gasteiger partial charge in [0.15, 0.2) is 5.65 Å². The predicted molar refractivity (Wildman–Crippen MR) is 151 cm³/mol. The number of piperidine rings is 1. The Bertz CT molecular complexity index is 1610. The normalized spacial score (nSPS) is 19.3. The minimum Gasteiger partial charge on any atom is -0.443 e. The second kappa shape index (κ2) is 10.1. The minimum atomic E-state index is -0.794. The number of fused-ring (bicyclic) bond motifs is 1. The molecule has 2 aromatic carbocycles. The lowest BCUT2D eigenvalue weighted by atomic mass is 9.75. The van der Waals surface area contributed by atoms with Crippen molar-refractivity contribution in [2.75, 3.05) is 6.54 Å². The number of hydrogen-bond donors (Lipinski definition) is 1. The first-order valence-corrected chi connectivity index (χ1v) is 13.2. The molecule has 40 heavy (non-hydrogen) atoms. The van der Waals surface area contributed by atoms with Crippen molar-refractivity contribution < 1.29 is 14.3 Å². The van der Waals surface area contributed by atoms with Gasteiger partial charge < -0.3 is 15.4 Å². The lowest BCUT2D eigenvalue weighted by molar-refractivity contribution is -0.0563. The second-order valence-corrected chi connectivity index (χ2v) is 11.6. The number of primary amides is 1. The Labute approximate surface area is 233 Å². The Balaban J connectivity index is 1.40. The third kappa shape index (κ3) is 5.25. The summed E-state index contributed by atoms with van der Waals surface area (Å²) in [7, 11) is 0. The third-order valence-corrected chi connectivity index (χ3v) is 7.61. The van der Waals surface area contributed by atoms with E-state index < -0.39 is 11.7 Å². The van der Waals surface area contributed by atoms with Crippen LogP contribution < -0.4 is 5.73 Å². The maximum absolute atomic E-state index is 13.7. The number of hydrogen-bond acceptors (Lipinski definition) is 6. The molecule has 3 heterocycles. The van der Waals surface area contributed by atoms with Crippen LogP contribution in [0.3, 0.4) is 0 Å². The molecule has 4 aromatic rings. The van der Waals surface area contributed by atoms with E-state index in [1.54, 1.807) is 22.8 Å². The molecule has 0 bridgehead atoms. The van der Waals surface area contributed by atoms with Gasteiger partial charge in [0.25, 0.3) is 5.91 Å². The van der Waals surface area contributed by atoms with Gasteiger partial charge in [0, 0.05) is 48.3 Å². The van der Waals surface area contributed by atoms with Crippen molar-refractivity contribution in [2.24, 2.45) is 11.1 Å². The van der Waals surface area contributed by atoms with E-state index >= 15 is 0 Å². The highest BCUT2D eigenvalue weighted by molar-refractivity contribution is 5.95. The first-order valence-electron chi connectivity index (χ1n) is 13.2. The van der Waals surface area contributed by atoms with Gasteiger partial charge in [0.2, 0.25) is 0 Å². The van der Waals surface area contributed by atoms with Gasteiger partial charge in [-0.25, -0.2) is 14.3 Å². The predicted octanol–water partition coefficient (Wildman–Crippen LogP) is 5.44. The molecule has 9 heteroatoms. The van der Waals surface area contributed by atoms with Crippen LogP contribution in [0.15, 0.2) is 67.0 Å². The Morgan fingerprint density at radius 1 is 1.07 bits per heavy atom. The van der Waals surface area contributed by atoms with Crippen LogP contribution in [0.25, 0.3) is 28.0 Å². The fourth-order valence-electron chi connectivity index (χ4n) is 5.39. The number of carbonyl (C=O) groups is 2. The van der Waals surface area contributed by atoms with Crippen LogP contribution in [0.2, 0.25) is 0 Å². The van der Waals surface area contributed by atoms with Gasteiger partial charge in [0.1, 0.15) is 5.60 Å². The number of carbonyl (C=O) groups excluding carboxylic acids is 2. The van der Waals surface area contributed by atoms with Crippen LogP contribution in [0.5, 0.6) is 0 Å². The SMILES string of the molecule is CC1(OC(N)=O)CCN(C(=O)c2ccc(-c3ccn4ncc(-c5ccc(C#N)cc5)c4n3)cc2)C(C(C)(C)C)C1. The number of nitriles is 1. The summed E-state index contributed by atoms with van der Waals surface area (Å²) in [5.41, 5.74) is 9.68. The maximum Gasteiger partial charge on any atom is 0.405 e. The molecule has 1 fully saturated rings. The van der Waals surface area contributed by atoms with Gasteiger partial charge >= 0.3 is 6.09 Å². The van der Waals surface area contributed by atoms with E-state index in [1.807, 2.05) is 60.5 Å². The van der Waals surface area contributed by atoms with E-state index in [9.17, 15) is 9.59 Å². The molecule has 9 nitrogen and oxygen atoms in total. The maximum atomic E-state index is 13.7. The van der Waals surface area contributed by atoms with E-state index in [0.717, 1.165) is 22.4 Å². The summed E-state index contributed by atoms with van der Waals surface area (Å²) in [4.78, 5) is 31.9. The Hall–Kier alpha value is -4.71. The van der Waals surface area contributed by atoms with Crippen LogP contribution in [0.4, 0.5) is 4.79 Å². The molecule has 0 spiro atoms. The van der Waals surface area contributed by atoms with Gasteiger partial charge in [-0.15, -0.1) is 0 Å². The first-order chi connectivity index (χ1) is 19.0. The number of likely N-dealkylation sites (tertiary alicyclic amines) is 1. The molecule has 1 saturated heterocycles. The average molecular weight is 537 g/mol. The molecule has 0 aliphatic carbocycles. The highest BCUT2D eigenvalue weighted by atomic mass is 16.6. The first kappa shape index (κ1) is 26.9. The van der Waals surface area contributed by atoms with Crippen LogP contribution in [0.1, 0.15) is 56.5 Å². The topological polar surface area (TPSA) is 127 Å². The number of nitrogens with two attached hydrogens (primary N) is 1. The number of aromatic nitrogens is 3. The molecular weight excluding hydrogens is 504 g/mol. The fraction of sp³-hybridized carbons (Fsp3) is 0.323. The van der Waals surface area contributed by atoms with Crippen LogP contribution in [-0.2, 0) is 4.74 Å². The van der Waals surface area contributed by atoms with E-state index in [0.29, 0.717) is 36.2 Å². The molecule has 204 valence electrons. The monoisotopic (exact) mass is 536 g/mol. The molecule has 5 rings (SSSR count). The van der Waals surface area contributed by atoms with Gasteiger partial charge in [-0.1, -0.05) is 45.0 Å². The van der Waals surface area contributed by atoms with E-state index in [-0.39, 0.29) is 17.4 Å². The summed E-state index contributed by atoms with van der Waals surface area (Å²) in [6.07, 6.45) is 3.86. The molecule has 2 N–H and O–H groups in total. The smallest absolute Gasteiger partial charge is 0.405 e. The van der Waals surface area contributed by atoms with E-state index in [2.05, 4.69) is 31.9 Å². The molecule has 2 aromatic heterocycles. The zero-order valence-electron chi connectivity index (χ0n) is 23.1. The lowest BCUT2D eigenvalue weighted by Crippen LogP contribution is -2.57. The largest absolute Gasteiger partial charge is 0.443 e. The van der Waals surface area contributed by atoms with Crippen molar-refractivity contribution in [1.29, 1.82) is 5.26 Å². The highest BCUT2D eigenvalue weighted by Crippen LogP contribution is 2.39. The number of rotatable bonds is 4. The highest BCUT2D eigenvalue weighted by Gasteiger charge is 2.45. The third-order valence-electron chi connectivity index (χ3n) is 7.61. The Kier molecular flexibility index (Phi) is 6.80. The van der Waals surface area contributed by atoms with Gasteiger partial charge in [-0.2, -0.15) is 10.4 Å². The lowest BCUT2D eigenvalue weighted by Gasteiger charge is -2.49. The fourth-order valence-corrected chi connectivity index (χ4v) is 5.39. The summed E-state index contributed by atoms with van der Waals surface area (Å²) in [6, 6.07) is 18.7. The van der Waals surface area contributed by atoms with E-state index in [1.165, 1.54) is 0 Å². The Morgan fingerprint density at radius 2 is 1.75 bits per heavy atom. The van der Waals surface area contributed by atoms with Crippen molar-refractivity contribution in [3.63, 3.8) is 0 Å². The van der Waals surface area contributed by atoms with Crippen molar-refractivity contribution in [3.8, 4) is 28.5 Å². The number of benzene rings is 2. The molecule has 1 aliphatic heterocycles. The zero-order chi connectivity index (χ0) is 28.7. The number of nitrogens with zero attached hydrogens (tertiary/aromatic N) is 5. The quantitative estimate of drug-likeness (QED) is 0.370. The number of ether oxygens (including phenoxy) is 1. The summed E-state index contributed by atoms with van der Waals surface area (Å²) in [5.74, 6) is -0.0603. The molecule has 2 amide bonds. The molecule has 0 radical (unpaired) electrons. The molecule has 1 aliphatic rings. The second-order valence-electron chi connectivity index (χ2n) is 11.6. The average Bonchev–Trinajstić information content (AvgIpc) is 3.35. The van der Waals surface area contributed by atoms with Crippen molar-refractivity contribution >= 4 is 17.6 Å². The zero-order valence-corrected chi connectivity index (χ0v) is 23.1. The van der Waals surface area contributed by atoms with Gasteiger partial charge in [-0.3, -0.25) is 4.79 Å². The summed E-state index contributed by atoms with van der Waals surface area (Å²) in [5, 5.41) is 13.5. The van der Waals surface area contributed by atoms with Crippen molar-refractivity contribution in [1.82, 2.24) is 19.5 Å².